The molecule has 29 heavy (non-hydrogen) atoms. The van der Waals surface area contributed by atoms with Crippen LogP contribution in [-0.2, 0) is 0 Å². The lowest BCUT2D eigenvalue weighted by atomic mass is 10.1. The van der Waals surface area contributed by atoms with Gasteiger partial charge in [-0.15, -0.1) is 22.7 Å². The molecular weight excluding hydrogens is 406 g/mol. The van der Waals surface area contributed by atoms with Crippen molar-refractivity contribution in [3.8, 4) is 33.3 Å². The molecule has 8 heteroatoms. The van der Waals surface area contributed by atoms with Crippen molar-refractivity contribution in [1.82, 2.24) is 9.97 Å². The lowest BCUT2D eigenvalue weighted by Crippen LogP contribution is -2.09. The molecule has 2 aromatic carbocycles. The predicted molar refractivity (Wildman–Crippen MR) is 114 cm³/mol. The molecule has 0 atom stereocenters. The Balaban J connectivity index is 1.33. The summed E-state index contributed by atoms with van der Waals surface area (Å²) in [6, 6.07) is 13.7. The Bertz CT molecular complexity index is 1220. The maximum Gasteiger partial charge on any atom is 0.269 e. The van der Waals surface area contributed by atoms with Crippen LogP contribution < -0.4 is 14.8 Å². The number of amides is 1. The van der Waals surface area contributed by atoms with Gasteiger partial charge in [-0.3, -0.25) is 10.1 Å². The van der Waals surface area contributed by atoms with E-state index < -0.39 is 0 Å². The summed E-state index contributed by atoms with van der Waals surface area (Å²) in [6.07, 6.45) is 1.58. The number of carbonyl (C=O) groups is 1. The molecule has 0 aliphatic carbocycles. The Morgan fingerprint density at radius 3 is 2.90 bits per heavy atom. The number of carbonyl (C=O) groups excluding carboxylic acids is 1. The van der Waals surface area contributed by atoms with E-state index in [1.165, 1.54) is 22.7 Å². The first kappa shape index (κ1) is 17.8. The first-order valence-electron chi connectivity index (χ1n) is 8.86. The number of nitrogens with zero attached hydrogens (tertiary/aromatic N) is 2. The van der Waals surface area contributed by atoms with Crippen molar-refractivity contribution in [2.24, 2.45) is 0 Å². The molecule has 1 aliphatic heterocycles. The predicted octanol–water partition coefficient (Wildman–Crippen LogP) is 5.22. The maximum absolute atomic E-state index is 12.6. The van der Waals surface area contributed by atoms with Crippen molar-refractivity contribution in [3.05, 3.63) is 64.5 Å². The van der Waals surface area contributed by atoms with Gasteiger partial charge >= 0.3 is 0 Å². The molecule has 0 fully saturated rings. The molecule has 1 aliphatic rings. The standard InChI is InChI=1S/C21H15N3O3S2/c1-12-4-2-3-5-14(12)15-10-28-21(23-15)24-19(25)18-9-22-20(29-18)13-6-7-16-17(8-13)27-11-26-16/h2-10H,11H2,1H3,(H,23,24,25). The van der Waals surface area contributed by atoms with Gasteiger partial charge in [-0.1, -0.05) is 24.3 Å². The smallest absolute Gasteiger partial charge is 0.269 e. The number of anilines is 1. The van der Waals surface area contributed by atoms with Crippen LogP contribution in [0.25, 0.3) is 21.8 Å². The van der Waals surface area contributed by atoms with Crippen LogP contribution in [0.15, 0.2) is 54.0 Å². The number of nitrogens with one attached hydrogen (secondary N) is 1. The molecule has 4 aromatic rings. The highest BCUT2D eigenvalue weighted by atomic mass is 32.1. The molecule has 0 saturated carbocycles. The van der Waals surface area contributed by atoms with Crippen molar-refractivity contribution >= 4 is 33.7 Å². The van der Waals surface area contributed by atoms with E-state index in [0.29, 0.717) is 15.8 Å². The largest absolute Gasteiger partial charge is 0.454 e. The lowest BCUT2D eigenvalue weighted by Gasteiger charge is -2.01. The van der Waals surface area contributed by atoms with Crippen LogP contribution in [0, 0.1) is 6.92 Å². The lowest BCUT2D eigenvalue weighted by molar-refractivity contribution is 0.103. The van der Waals surface area contributed by atoms with E-state index in [2.05, 4.69) is 15.3 Å². The van der Waals surface area contributed by atoms with Crippen molar-refractivity contribution in [3.63, 3.8) is 0 Å². The van der Waals surface area contributed by atoms with Crippen molar-refractivity contribution in [1.29, 1.82) is 0 Å². The zero-order chi connectivity index (χ0) is 19.8. The van der Waals surface area contributed by atoms with Gasteiger partial charge in [-0.05, 0) is 30.7 Å². The van der Waals surface area contributed by atoms with Gasteiger partial charge in [-0.2, -0.15) is 0 Å². The first-order chi connectivity index (χ1) is 14.2. The van der Waals surface area contributed by atoms with Crippen molar-refractivity contribution in [2.45, 2.75) is 6.92 Å². The van der Waals surface area contributed by atoms with E-state index in [-0.39, 0.29) is 12.7 Å². The quantitative estimate of drug-likeness (QED) is 0.489. The number of hydrogen-bond donors (Lipinski definition) is 1. The maximum atomic E-state index is 12.6. The van der Waals surface area contributed by atoms with Crippen molar-refractivity contribution in [2.75, 3.05) is 12.1 Å². The number of aryl methyl sites for hydroxylation is 1. The summed E-state index contributed by atoms with van der Waals surface area (Å²) in [4.78, 5) is 22.1. The van der Waals surface area contributed by atoms with Gasteiger partial charge in [0.25, 0.3) is 5.91 Å². The van der Waals surface area contributed by atoms with Crippen LogP contribution in [-0.4, -0.2) is 22.7 Å². The zero-order valence-corrected chi connectivity index (χ0v) is 17.0. The third kappa shape index (κ3) is 3.48. The number of fused-ring (bicyclic) bond motifs is 1. The van der Waals surface area contributed by atoms with Gasteiger partial charge in [0.05, 0.1) is 11.9 Å². The van der Waals surface area contributed by atoms with E-state index in [1.807, 2.05) is 54.8 Å². The number of rotatable bonds is 4. The van der Waals surface area contributed by atoms with Crippen molar-refractivity contribution < 1.29 is 14.3 Å². The molecule has 0 bridgehead atoms. The van der Waals surface area contributed by atoms with E-state index in [9.17, 15) is 4.79 Å². The Morgan fingerprint density at radius 2 is 2.00 bits per heavy atom. The van der Waals surface area contributed by atoms with Crippen LogP contribution >= 0.6 is 22.7 Å². The molecule has 2 aromatic heterocycles. The SMILES string of the molecule is Cc1ccccc1-c1csc(NC(=O)c2cnc(-c3ccc4c(c3)OCO4)s2)n1. The molecule has 144 valence electrons. The van der Waals surface area contributed by atoms with E-state index >= 15 is 0 Å². The van der Waals surface area contributed by atoms with Gasteiger partial charge in [0.2, 0.25) is 6.79 Å². The Morgan fingerprint density at radius 1 is 1.14 bits per heavy atom. The summed E-state index contributed by atoms with van der Waals surface area (Å²) in [5.74, 6) is 1.19. The van der Waals surface area contributed by atoms with Gasteiger partial charge in [0, 0.05) is 16.5 Å². The van der Waals surface area contributed by atoms with Crippen LogP contribution in [0.2, 0.25) is 0 Å². The zero-order valence-electron chi connectivity index (χ0n) is 15.3. The second kappa shape index (κ2) is 7.31. The van der Waals surface area contributed by atoms with E-state index in [1.54, 1.807) is 6.20 Å². The van der Waals surface area contributed by atoms with Crippen LogP contribution in [0.3, 0.4) is 0 Å². The first-order valence-corrected chi connectivity index (χ1v) is 10.6. The molecule has 3 heterocycles. The second-order valence-electron chi connectivity index (χ2n) is 6.40. The number of hydrogen-bond acceptors (Lipinski definition) is 7. The van der Waals surface area contributed by atoms with E-state index in [4.69, 9.17) is 9.47 Å². The summed E-state index contributed by atoms with van der Waals surface area (Å²) >= 11 is 2.73. The fraction of sp³-hybridized carbons (Fsp3) is 0.0952. The van der Waals surface area contributed by atoms with Crippen LogP contribution in [0.5, 0.6) is 11.5 Å². The summed E-state index contributed by atoms with van der Waals surface area (Å²) < 4.78 is 10.7. The third-order valence-electron chi connectivity index (χ3n) is 4.49. The molecule has 1 N–H and O–H groups in total. The highest BCUT2D eigenvalue weighted by Gasteiger charge is 2.18. The molecule has 0 spiro atoms. The summed E-state index contributed by atoms with van der Waals surface area (Å²) in [7, 11) is 0. The van der Waals surface area contributed by atoms with Gasteiger partial charge < -0.3 is 9.47 Å². The van der Waals surface area contributed by atoms with Crippen LogP contribution in [0.4, 0.5) is 5.13 Å². The summed E-state index contributed by atoms with van der Waals surface area (Å²) in [5.41, 5.74) is 3.95. The minimum Gasteiger partial charge on any atom is -0.454 e. The number of ether oxygens (including phenoxy) is 2. The molecule has 1 amide bonds. The summed E-state index contributed by atoms with van der Waals surface area (Å²) in [5, 5.41) is 6.12. The highest BCUT2D eigenvalue weighted by molar-refractivity contribution is 7.17. The second-order valence-corrected chi connectivity index (χ2v) is 8.29. The molecule has 0 radical (unpaired) electrons. The third-order valence-corrected chi connectivity index (χ3v) is 6.30. The topological polar surface area (TPSA) is 73.3 Å². The molecule has 0 saturated heterocycles. The Hall–Kier alpha value is -3.23. The highest BCUT2D eigenvalue weighted by Crippen LogP contribution is 2.37. The Kier molecular flexibility index (Phi) is 4.49. The minimum atomic E-state index is -0.222. The number of aromatic nitrogens is 2. The molecule has 6 nitrogen and oxygen atoms in total. The van der Waals surface area contributed by atoms with E-state index in [0.717, 1.165) is 33.1 Å². The molecule has 0 unspecified atom stereocenters. The monoisotopic (exact) mass is 421 g/mol. The average Bonchev–Trinajstić information content (AvgIpc) is 3.48. The average molecular weight is 422 g/mol. The fourth-order valence-corrected chi connectivity index (χ4v) is 4.53. The molecule has 5 rings (SSSR count). The summed E-state index contributed by atoms with van der Waals surface area (Å²) in [6.45, 7) is 2.27. The normalized spacial score (nSPS) is 12.2. The number of thiazole rings is 2. The minimum absolute atomic E-state index is 0.222. The molecular formula is C21H15N3O3S2. The van der Waals surface area contributed by atoms with Gasteiger partial charge in [-0.25, -0.2) is 9.97 Å². The fourth-order valence-electron chi connectivity index (χ4n) is 3.02. The van der Waals surface area contributed by atoms with Gasteiger partial charge in [0.1, 0.15) is 9.88 Å². The Labute approximate surface area is 174 Å². The van der Waals surface area contributed by atoms with Crippen LogP contribution in [0.1, 0.15) is 15.2 Å². The number of benzene rings is 2. The van der Waals surface area contributed by atoms with Gasteiger partial charge in [0.15, 0.2) is 16.6 Å².